The van der Waals surface area contributed by atoms with Crippen LogP contribution in [0, 0.1) is 0 Å². The van der Waals surface area contributed by atoms with Gasteiger partial charge >= 0.3 is 0 Å². The molecule has 0 saturated carbocycles. The van der Waals surface area contributed by atoms with Crippen LogP contribution in [-0.4, -0.2) is 27.8 Å². The van der Waals surface area contributed by atoms with Gasteiger partial charge < -0.3 is 9.73 Å². The van der Waals surface area contributed by atoms with Gasteiger partial charge in [0.2, 0.25) is 10.0 Å². The number of furan rings is 1. The van der Waals surface area contributed by atoms with Crippen LogP contribution in [0.25, 0.3) is 0 Å². The molecular weight excluding hydrogens is 284 g/mol. The summed E-state index contributed by atoms with van der Waals surface area (Å²) < 4.78 is 30.2. The fraction of sp³-hybridized carbons (Fsp3) is 0.500. The molecule has 1 rings (SSSR count). The maximum atomic E-state index is 11.0. The fourth-order valence-electron chi connectivity index (χ4n) is 0.967. The Morgan fingerprint density at radius 1 is 1.47 bits per heavy atom. The summed E-state index contributed by atoms with van der Waals surface area (Å²) >= 11 is 3.18. The number of halogens is 1. The van der Waals surface area contributed by atoms with Crippen LogP contribution >= 0.6 is 15.9 Å². The van der Waals surface area contributed by atoms with E-state index in [-0.39, 0.29) is 5.75 Å². The van der Waals surface area contributed by atoms with E-state index in [1.165, 1.54) is 7.05 Å². The third-order valence-electron chi connectivity index (χ3n) is 1.79. The third kappa shape index (κ3) is 4.78. The predicted octanol–water partition coefficient (Wildman–Crippen LogP) is 0.681. The molecule has 0 aliphatic heterocycles. The molecular formula is C8H13BrN2O3S. The smallest absolute Gasteiger partial charge is 0.212 e. The Morgan fingerprint density at radius 2 is 2.20 bits per heavy atom. The molecule has 1 aromatic rings. The highest BCUT2D eigenvalue weighted by Crippen LogP contribution is 2.13. The summed E-state index contributed by atoms with van der Waals surface area (Å²) in [4.78, 5) is 0. The van der Waals surface area contributed by atoms with Gasteiger partial charge in [0.15, 0.2) is 4.67 Å². The molecule has 0 radical (unpaired) electrons. The van der Waals surface area contributed by atoms with Crippen molar-refractivity contribution in [2.75, 3.05) is 19.3 Å². The average molecular weight is 297 g/mol. The minimum Gasteiger partial charge on any atom is -0.453 e. The average Bonchev–Trinajstić information content (AvgIpc) is 2.59. The van der Waals surface area contributed by atoms with Crippen molar-refractivity contribution >= 4 is 26.0 Å². The molecule has 0 bridgehead atoms. The number of hydrogen-bond acceptors (Lipinski definition) is 4. The maximum absolute atomic E-state index is 11.0. The maximum Gasteiger partial charge on any atom is 0.212 e. The van der Waals surface area contributed by atoms with Gasteiger partial charge in [-0.3, -0.25) is 0 Å². The monoisotopic (exact) mass is 296 g/mol. The van der Waals surface area contributed by atoms with Crippen LogP contribution in [0.2, 0.25) is 0 Å². The lowest BCUT2D eigenvalue weighted by Crippen LogP contribution is -2.29. The van der Waals surface area contributed by atoms with E-state index < -0.39 is 10.0 Å². The minimum atomic E-state index is -3.12. The Hall–Kier alpha value is -0.370. The van der Waals surface area contributed by atoms with Crippen LogP contribution in [0.4, 0.5) is 0 Å². The summed E-state index contributed by atoms with van der Waals surface area (Å²) in [5.41, 5.74) is 0. The van der Waals surface area contributed by atoms with E-state index in [0.29, 0.717) is 17.8 Å². The van der Waals surface area contributed by atoms with Gasteiger partial charge in [-0.25, -0.2) is 13.1 Å². The zero-order chi connectivity index (χ0) is 11.3. The van der Waals surface area contributed by atoms with Crippen molar-refractivity contribution in [1.82, 2.24) is 10.0 Å². The second-order valence-corrected chi connectivity index (χ2v) is 5.73. The first-order valence-electron chi connectivity index (χ1n) is 4.39. The molecule has 0 saturated heterocycles. The van der Waals surface area contributed by atoms with Gasteiger partial charge in [-0.2, -0.15) is 0 Å². The van der Waals surface area contributed by atoms with E-state index in [4.69, 9.17) is 4.42 Å². The number of hydrogen-bond donors (Lipinski definition) is 2. The van der Waals surface area contributed by atoms with Crippen LogP contribution in [0.15, 0.2) is 21.2 Å². The van der Waals surface area contributed by atoms with Crippen molar-refractivity contribution in [2.45, 2.75) is 6.54 Å². The lowest BCUT2D eigenvalue weighted by molar-refractivity contribution is 0.468. The quantitative estimate of drug-likeness (QED) is 0.758. The highest BCUT2D eigenvalue weighted by Gasteiger charge is 2.05. The summed E-state index contributed by atoms with van der Waals surface area (Å²) in [5.74, 6) is 0.828. The molecule has 0 aliphatic carbocycles. The summed E-state index contributed by atoms with van der Waals surface area (Å²) in [6.45, 7) is 0.909. The molecule has 0 fully saturated rings. The molecule has 15 heavy (non-hydrogen) atoms. The van der Waals surface area contributed by atoms with Crippen molar-refractivity contribution < 1.29 is 12.8 Å². The Balaban J connectivity index is 2.23. The SMILES string of the molecule is CNS(=O)(=O)CCNCc1ccc(Br)o1. The van der Waals surface area contributed by atoms with Crippen LogP contribution in [0.1, 0.15) is 5.76 Å². The molecule has 2 N–H and O–H groups in total. The van der Waals surface area contributed by atoms with Crippen molar-refractivity contribution in [3.05, 3.63) is 22.6 Å². The van der Waals surface area contributed by atoms with Crippen LogP contribution < -0.4 is 10.0 Å². The predicted molar refractivity (Wildman–Crippen MR) is 61.0 cm³/mol. The molecule has 1 heterocycles. The number of rotatable bonds is 6. The van der Waals surface area contributed by atoms with E-state index >= 15 is 0 Å². The highest BCUT2D eigenvalue weighted by molar-refractivity contribution is 9.10. The van der Waals surface area contributed by atoms with Crippen molar-refractivity contribution in [2.24, 2.45) is 0 Å². The van der Waals surface area contributed by atoms with Gasteiger partial charge in [0.1, 0.15) is 5.76 Å². The first kappa shape index (κ1) is 12.7. The van der Waals surface area contributed by atoms with E-state index in [1.54, 1.807) is 6.07 Å². The Labute approximate surface area is 97.4 Å². The van der Waals surface area contributed by atoms with Gasteiger partial charge in [-0.1, -0.05) is 0 Å². The Bertz CT molecular complexity index is 402. The first-order chi connectivity index (χ1) is 7.03. The topological polar surface area (TPSA) is 71.3 Å². The van der Waals surface area contributed by atoms with Gasteiger partial charge in [0.05, 0.1) is 12.3 Å². The molecule has 7 heteroatoms. The van der Waals surface area contributed by atoms with Crippen molar-refractivity contribution in [3.8, 4) is 0 Å². The van der Waals surface area contributed by atoms with Crippen LogP contribution in [-0.2, 0) is 16.6 Å². The molecule has 86 valence electrons. The summed E-state index contributed by atoms with van der Waals surface area (Å²) in [6.07, 6.45) is 0. The number of nitrogens with one attached hydrogen (secondary N) is 2. The third-order valence-corrected chi connectivity index (χ3v) is 3.58. The van der Waals surface area contributed by atoms with E-state index in [0.717, 1.165) is 5.76 Å². The zero-order valence-corrected chi connectivity index (χ0v) is 10.7. The Morgan fingerprint density at radius 3 is 2.73 bits per heavy atom. The standard InChI is InChI=1S/C8H13BrN2O3S/c1-10-15(12,13)5-4-11-6-7-2-3-8(9)14-7/h2-3,10-11H,4-6H2,1H3. The fourth-order valence-corrected chi connectivity index (χ4v) is 1.92. The molecule has 0 amide bonds. The molecule has 0 atom stereocenters. The molecule has 0 aliphatic rings. The summed E-state index contributed by atoms with van der Waals surface area (Å²) in [5, 5.41) is 2.97. The van der Waals surface area contributed by atoms with Gasteiger partial charge in [-0.05, 0) is 35.1 Å². The van der Waals surface area contributed by atoms with Crippen molar-refractivity contribution in [3.63, 3.8) is 0 Å². The second kappa shape index (κ2) is 5.64. The second-order valence-electron chi connectivity index (χ2n) is 2.91. The molecule has 0 unspecified atom stereocenters. The summed E-state index contributed by atoms with van der Waals surface area (Å²) in [6, 6.07) is 3.62. The first-order valence-corrected chi connectivity index (χ1v) is 6.84. The minimum absolute atomic E-state index is 0.0609. The van der Waals surface area contributed by atoms with Crippen molar-refractivity contribution in [1.29, 1.82) is 0 Å². The highest BCUT2D eigenvalue weighted by atomic mass is 79.9. The van der Waals surface area contributed by atoms with Gasteiger partial charge in [0.25, 0.3) is 0 Å². The van der Waals surface area contributed by atoms with Crippen LogP contribution in [0.3, 0.4) is 0 Å². The lowest BCUT2D eigenvalue weighted by atomic mass is 10.4. The largest absolute Gasteiger partial charge is 0.453 e. The molecule has 5 nitrogen and oxygen atoms in total. The normalized spacial score (nSPS) is 11.9. The van der Waals surface area contributed by atoms with Gasteiger partial charge in [-0.15, -0.1) is 0 Å². The number of sulfonamides is 1. The summed E-state index contributed by atoms with van der Waals surface area (Å²) in [7, 11) is -1.72. The van der Waals surface area contributed by atoms with E-state index in [9.17, 15) is 8.42 Å². The van der Waals surface area contributed by atoms with E-state index in [2.05, 4.69) is 26.0 Å². The molecule has 1 aromatic heterocycles. The molecule has 0 aromatic carbocycles. The van der Waals surface area contributed by atoms with Gasteiger partial charge in [0, 0.05) is 6.54 Å². The lowest BCUT2D eigenvalue weighted by Gasteiger charge is -2.03. The van der Waals surface area contributed by atoms with Crippen LogP contribution in [0.5, 0.6) is 0 Å². The zero-order valence-electron chi connectivity index (χ0n) is 8.29. The Kier molecular flexibility index (Phi) is 4.78. The van der Waals surface area contributed by atoms with E-state index in [1.807, 2.05) is 6.07 Å². The molecule has 0 spiro atoms.